The van der Waals surface area contributed by atoms with Gasteiger partial charge >= 0.3 is 0 Å². The molecule has 4 aromatic rings. The van der Waals surface area contributed by atoms with Crippen molar-refractivity contribution in [1.29, 1.82) is 0 Å². The number of amides is 2. The summed E-state index contributed by atoms with van der Waals surface area (Å²) in [6.07, 6.45) is 1.58. The third-order valence-corrected chi connectivity index (χ3v) is 7.30. The van der Waals surface area contributed by atoms with Crippen LogP contribution in [-0.2, 0) is 16.6 Å². The number of halogens is 1. The second-order valence-electron chi connectivity index (χ2n) is 6.57. The van der Waals surface area contributed by atoms with Crippen LogP contribution in [0.2, 0.25) is 0 Å². The van der Waals surface area contributed by atoms with Gasteiger partial charge in [-0.05, 0) is 42.5 Å². The van der Waals surface area contributed by atoms with Crippen molar-refractivity contribution in [2.75, 3.05) is 22.1 Å². The molecule has 8 nitrogen and oxygen atoms in total. The highest BCUT2D eigenvalue weighted by molar-refractivity contribution is 8.01. The Morgan fingerprint density at radius 1 is 1.03 bits per heavy atom. The van der Waals surface area contributed by atoms with Crippen LogP contribution in [-0.4, -0.2) is 43.1 Å². The number of nitrogens with zero attached hydrogens (tertiary/aromatic N) is 4. The largest absolute Gasteiger partial charge is 0.325 e. The molecule has 0 fully saturated rings. The number of aryl methyl sites for hydroxylation is 1. The Bertz CT molecular complexity index is 1260. The van der Waals surface area contributed by atoms with E-state index in [4.69, 9.17) is 0 Å². The van der Waals surface area contributed by atoms with Crippen molar-refractivity contribution >= 4 is 68.3 Å². The van der Waals surface area contributed by atoms with E-state index in [-0.39, 0.29) is 29.1 Å². The number of hydrogen-bond donors (Lipinski definition) is 2. The Balaban J connectivity index is 1.31. The average Bonchev–Trinajstić information content (AvgIpc) is 3.37. The van der Waals surface area contributed by atoms with Gasteiger partial charge in [0.15, 0.2) is 9.50 Å². The van der Waals surface area contributed by atoms with E-state index in [1.54, 1.807) is 17.0 Å². The molecule has 32 heavy (non-hydrogen) atoms. The Morgan fingerprint density at radius 3 is 2.44 bits per heavy atom. The summed E-state index contributed by atoms with van der Waals surface area (Å²) >= 11 is 4.07. The van der Waals surface area contributed by atoms with Crippen molar-refractivity contribution in [3.05, 3.63) is 54.6 Å². The van der Waals surface area contributed by atoms with Gasteiger partial charge < -0.3 is 15.2 Å². The Morgan fingerprint density at radius 2 is 1.72 bits per heavy atom. The zero-order valence-electron chi connectivity index (χ0n) is 16.7. The number of rotatable bonds is 8. The highest BCUT2D eigenvalue weighted by atomic mass is 32.2. The first kappa shape index (κ1) is 22.2. The van der Waals surface area contributed by atoms with Crippen LogP contribution in [0, 0.1) is 5.82 Å². The van der Waals surface area contributed by atoms with E-state index in [1.807, 2.05) is 19.2 Å². The summed E-state index contributed by atoms with van der Waals surface area (Å²) in [6.45, 7) is 0. The predicted molar refractivity (Wildman–Crippen MR) is 126 cm³/mol. The highest BCUT2D eigenvalue weighted by Crippen LogP contribution is 2.31. The molecule has 4 rings (SSSR count). The molecule has 0 aliphatic heterocycles. The monoisotopic (exact) mass is 488 g/mol. The number of fused-ring (bicyclic) bond motifs is 1. The van der Waals surface area contributed by atoms with Crippen molar-refractivity contribution in [2.24, 2.45) is 7.05 Å². The summed E-state index contributed by atoms with van der Waals surface area (Å²) in [5.41, 5.74) is 2.01. The van der Waals surface area contributed by atoms with Crippen LogP contribution in [0.25, 0.3) is 10.2 Å². The standard InChI is InChI=1S/C20H17FN6O2S3/c1-27-11-22-26-19(27)30-9-17(28)24-14-6-7-15-16(8-14)32-20(25-15)31-10-18(29)23-13-4-2-12(21)3-5-13/h2-8,11H,9-10H2,1H3,(H,23,29)(H,24,28). The van der Waals surface area contributed by atoms with Crippen LogP contribution in [0.5, 0.6) is 0 Å². The smallest absolute Gasteiger partial charge is 0.234 e. The van der Waals surface area contributed by atoms with E-state index >= 15 is 0 Å². The molecular weight excluding hydrogens is 471 g/mol. The molecule has 0 aliphatic carbocycles. The SMILES string of the molecule is Cn1cnnc1SCC(=O)Nc1ccc2nc(SCC(=O)Nc3ccc(F)cc3)sc2c1. The summed E-state index contributed by atoms with van der Waals surface area (Å²) in [5, 5.41) is 14.0. The second kappa shape index (κ2) is 10.1. The van der Waals surface area contributed by atoms with E-state index in [9.17, 15) is 14.0 Å². The van der Waals surface area contributed by atoms with Crippen LogP contribution in [0.3, 0.4) is 0 Å². The van der Waals surface area contributed by atoms with E-state index in [1.165, 1.54) is 59.1 Å². The lowest BCUT2D eigenvalue weighted by atomic mass is 10.3. The number of carbonyl (C=O) groups is 2. The number of anilines is 2. The molecule has 0 bridgehead atoms. The zero-order chi connectivity index (χ0) is 22.5. The molecule has 2 amide bonds. The molecule has 0 radical (unpaired) electrons. The van der Waals surface area contributed by atoms with Gasteiger partial charge in [-0.1, -0.05) is 23.5 Å². The molecule has 2 aromatic carbocycles. The molecule has 0 unspecified atom stereocenters. The van der Waals surface area contributed by atoms with Crippen molar-refractivity contribution in [1.82, 2.24) is 19.7 Å². The molecule has 0 aliphatic rings. The number of nitrogens with one attached hydrogen (secondary N) is 2. The minimum absolute atomic E-state index is 0.145. The summed E-state index contributed by atoms with van der Waals surface area (Å²) in [6, 6.07) is 11.1. The van der Waals surface area contributed by atoms with Gasteiger partial charge in [0.2, 0.25) is 11.8 Å². The Kier molecular flexibility index (Phi) is 7.02. The van der Waals surface area contributed by atoms with Crippen molar-refractivity contribution < 1.29 is 14.0 Å². The number of thioether (sulfide) groups is 2. The number of hydrogen-bond acceptors (Lipinski definition) is 8. The fraction of sp³-hybridized carbons (Fsp3) is 0.150. The van der Waals surface area contributed by atoms with E-state index in [0.29, 0.717) is 16.5 Å². The minimum atomic E-state index is -0.355. The third kappa shape index (κ3) is 5.84. The van der Waals surface area contributed by atoms with E-state index in [2.05, 4.69) is 25.8 Å². The van der Waals surface area contributed by atoms with E-state index in [0.717, 1.165) is 14.6 Å². The topological polar surface area (TPSA) is 102 Å². The molecule has 0 saturated carbocycles. The fourth-order valence-electron chi connectivity index (χ4n) is 2.63. The lowest BCUT2D eigenvalue weighted by Gasteiger charge is -2.04. The lowest BCUT2D eigenvalue weighted by Crippen LogP contribution is -2.14. The van der Waals surface area contributed by atoms with Gasteiger partial charge in [0.25, 0.3) is 0 Å². The molecule has 0 atom stereocenters. The number of benzene rings is 2. The second-order valence-corrected chi connectivity index (χ2v) is 9.76. The highest BCUT2D eigenvalue weighted by Gasteiger charge is 2.11. The minimum Gasteiger partial charge on any atom is -0.325 e. The van der Waals surface area contributed by atoms with Crippen LogP contribution in [0.1, 0.15) is 0 Å². The van der Waals surface area contributed by atoms with Gasteiger partial charge in [-0.3, -0.25) is 9.59 Å². The summed E-state index contributed by atoms with van der Waals surface area (Å²) in [4.78, 5) is 28.9. The van der Waals surface area contributed by atoms with Crippen LogP contribution < -0.4 is 10.6 Å². The van der Waals surface area contributed by atoms with Crippen LogP contribution in [0.15, 0.2) is 58.3 Å². The normalized spacial score (nSPS) is 10.9. The average molecular weight is 489 g/mol. The first-order valence-corrected chi connectivity index (χ1v) is 12.1. The number of carbonyl (C=O) groups excluding carboxylic acids is 2. The molecular formula is C20H17FN6O2S3. The first-order valence-electron chi connectivity index (χ1n) is 9.32. The van der Waals surface area contributed by atoms with Gasteiger partial charge in [-0.15, -0.1) is 21.5 Å². The molecule has 2 aromatic heterocycles. The maximum Gasteiger partial charge on any atom is 0.234 e. The first-order chi connectivity index (χ1) is 15.5. The number of thiazole rings is 1. The van der Waals surface area contributed by atoms with E-state index < -0.39 is 0 Å². The molecule has 2 N–H and O–H groups in total. The molecule has 164 valence electrons. The van der Waals surface area contributed by atoms with Gasteiger partial charge in [0, 0.05) is 18.4 Å². The van der Waals surface area contributed by atoms with Gasteiger partial charge in [0.1, 0.15) is 12.1 Å². The van der Waals surface area contributed by atoms with Gasteiger partial charge in [0.05, 0.1) is 21.7 Å². The third-order valence-electron chi connectivity index (χ3n) is 4.11. The van der Waals surface area contributed by atoms with Crippen LogP contribution in [0.4, 0.5) is 15.8 Å². The van der Waals surface area contributed by atoms with Crippen molar-refractivity contribution in [2.45, 2.75) is 9.50 Å². The maximum atomic E-state index is 13.0. The molecule has 0 spiro atoms. The van der Waals surface area contributed by atoms with Gasteiger partial charge in [-0.25, -0.2) is 9.37 Å². The van der Waals surface area contributed by atoms with Crippen molar-refractivity contribution in [3.8, 4) is 0 Å². The molecule has 12 heteroatoms. The fourth-order valence-corrected chi connectivity index (χ4v) is 5.23. The van der Waals surface area contributed by atoms with Gasteiger partial charge in [-0.2, -0.15) is 0 Å². The zero-order valence-corrected chi connectivity index (χ0v) is 19.2. The van der Waals surface area contributed by atoms with Crippen molar-refractivity contribution in [3.63, 3.8) is 0 Å². The lowest BCUT2D eigenvalue weighted by molar-refractivity contribution is -0.114. The Hall–Kier alpha value is -2.96. The maximum absolute atomic E-state index is 13.0. The number of aromatic nitrogens is 4. The predicted octanol–water partition coefficient (Wildman–Crippen LogP) is 4.03. The summed E-state index contributed by atoms with van der Waals surface area (Å²) in [5.74, 6) is -0.299. The quantitative estimate of drug-likeness (QED) is 0.361. The Labute approximate surface area is 195 Å². The molecule has 0 saturated heterocycles. The summed E-state index contributed by atoms with van der Waals surface area (Å²) in [7, 11) is 1.82. The summed E-state index contributed by atoms with van der Waals surface area (Å²) < 4.78 is 16.4. The van der Waals surface area contributed by atoms with Crippen LogP contribution >= 0.6 is 34.9 Å². The molecule has 2 heterocycles.